The molecule has 1 aromatic carbocycles. The Balaban J connectivity index is 1.90. The molecule has 0 amide bonds. The summed E-state index contributed by atoms with van der Waals surface area (Å²) in [4.78, 5) is 25.4. The number of rotatable bonds is 1. The molecular weight excluding hydrogens is 264 g/mol. The Morgan fingerprint density at radius 2 is 1.71 bits per heavy atom. The molecule has 6 atom stereocenters. The van der Waals surface area contributed by atoms with E-state index in [2.05, 4.69) is 0 Å². The summed E-state index contributed by atoms with van der Waals surface area (Å²) in [5.74, 6) is -1.12. The molecule has 4 bridgehead atoms. The van der Waals surface area contributed by atoms with E-state index in [9.17, 15) is 14.7 Å². The van der Waals surface area contributed by atoms with Gasteiger partial charge in [-0.05, 0) is 30.7 Å². The highest BCUT2D eigenvalue weighted by Gasteiger charge is 2.70. The topological polar surface area (TPSA) is 54.4 Å². The van der Waals surface area contributed by atoms with Gasteiger partial charge in [0.2, 0.25) is 0 Å². The molecule has 110 valence electrons. The first-order valence-electron chi connectivity index (χ1n) is 7.71. The molecule has 0 saturated heterocycles. The fourth-order valence-corrected chi connectivity index (χ4v) is 5.16. The van der Waals surface area contributed by atoms with Gasteiger partial charge in [0, 0.05) is 11.8 Å². The molecular formula is C18H20O3. The zero-order valence-electron chi connectivity index (χ0n) is 12.4. The Labute approximate surface area is 124 Å². The second-order valence-corrected chi connectivity index (χ2v) is 7.49. The number of hydrogen-bond donors (Lipinski definition) is 1. The summed E-state index contributed by atoms with van der Waals surface area (Å²) < 4.78 is 0. The van der Waals surface area contributed by atoms with E-state index >= 15 is 0 Å². The molecule has 4 aliphatic carbocycles. The van der Waals surface area contributed by atoms with Crippen molar-refractivity contribution in [1.29, 1.82) is 0 Å². The standard InChI is InChI=1S/C18H20O3/c1-17-8-11-13(10-6-4-3-5-7-10)14(18(17,2)21)16(20)12(9-17)15(11)19/h3-7,11-14,21H,8-9H2,1-2H3/t11-,12-,13?,14+,17-,18-/m0/s1. The molecule has 0 aromatic heterocycles. The van der Waals surface area contributed by atoms with E-state index < -0.39 is 17.4 Å². The van der Waals surface area contributed by atoms with Gasteiger partial charge in [-0.3, -0.25) is 9.59 Å². The van der Waals surface area contributed by atoms with Gasteiger partial charge in [0.15, 0.2) is 0 Å². The van der Waals surface area contributed by atoms with Crippen LogP contribution in [0, 0.1) is 23.2 Å². The number of aliphatic hydroxyl groups is 1. The first-order chi connectivity index (χ1) is 9.87. The van der Waals surface area contributed by atoms with Crippen LogP contribution in [0.1, 0.15) is 38.2 Å². The van der Waals surface area contributed by atoms with Gasteiger partial charge in [0.05, 0.1) is 17.4 Å². The van der Waals surface area contributed by atoms with Crippen LogP contribution in [0.4, 0.5) is 0 Å². The van der Waals surface area contributed by atoms with Crippen molar-refractivity contribution in [2.24, 2.45) is 23.2 Å². The van der Waals surface area contributed by atoms with Crippen molar-refractivity contribution in [1.82, 2.24) is 0 Å². The highest BCUT2D eigenvalue weighted by atomic mass is 16.3. The van der Waals surface area contributed by atoms with Crippen LogP contribution in [0.15, 0.2) is 30.3 Å². The maximum Gasteiger partial charge on any atom is 0.149 e. The minimum absolute atomic E-state index is 0.0349. The summed E-state index contributed by atoms with van der Waals surface area (Å²) in [7, 11) is 0. The van der Waals surface area contributed by atoms with Crippen LogP contribution in [0.5, 0.6) is 0 Å². The van der Waals surface area contributed by atoms with Crippen LogP contribution in [0.2, 0.25) is 0 Å². The van der Waals surface area contributed by atoms with Gasteiger partial charge in [-0.25, -0.2) is 0 Å². The Bertz CT molecular complexity index is 633. The number of Topliss-reactive ketones (excluding diaryl/α,β-unsaturated/α-hetero) is 2. The van der Waals surface area contributed by atoms with E-state index in [1.165, 1.54) is 0 Å². The normalized spacial score (nSPS) is 48.0. The fourth-order valence-electron chi connectivity index (χ4n) is 5.16. The second kappa shape index (κ2) is 3.83. The molecule has 21 heavy (non-hydrogen) atoms. The molecule has 1 aromatic rings. The van der Waals surface area contributed by atoms with Crippen molar-refractivity contribution in [3.8, 4) is 0 Å². The number of carbonyl (C=O) groups is 2. The Hall–Kier alpha value is -1.48. The minimum Gasteiger partial charge on any atom is -0.389 e. The van der Waals surface area contributed by atoms with E-state index in [0.29, 0.717) is 12.8 Å². The van der Waals surface area contributed by atoms with E-state index in [1.54, 1.807) is 6.92 Å². The minimum atomic E-state index is -1.03. The molecule has 3 nitrogen and oxygen atoms in total. The summed E-state index contributed by atoms with van der Waals surface area (Å²) >= 11 is 0. The molecule has 3 heteroatoms. The number of carbonyl (C=O) groups excluding carboxylic acids is 2. The Kier molecular flexibility index (Phi) is 2.41. The summed E-state index contributed by atoms with van der Waals surface area (Å²) in [6.07, 6.45) is 1.21. The average Bonchev–Trinajstić information content (AvgIpc) is 2.44. The van der Waals surface area contributed by atoms with Crippen LogP contribution < -0.4 is 0 Å². The summed E-state index contributed by atoms with van der Waals surface area (Å²) in [6.45, 7) is 3.84. The molecule has 1 N–H and O–H groups in total. The van der Waals surface area contributed by atoms with E-state index in [4.69, 9.17) is 0 Å². The molecule has 0 radical (unpaired) electrons. The van der Waals surface area contributed by atoms with Crippen molar-refractivity contribution in [2.45, 2.75) is 38.2 Å². The summed E-state index contributed by atoms with van der Waals surface area (Å²) in [6, 6.07) is 9.76. The first-order valence-corrected chi connectivity index (χ1v) is 7.71. The zero-order valence-corrected chi connectivity index (χ0v) is 12.4. The Morgan fingerprint density at radius 1 is 1.05 bits per heavy atom. The maximum absolute atomic E-state index is 12.7. The lowest BCUT2D eigenvalue weighted by atomic mass is 9.39. The van der Waals surface area contributed by atoms with Crippen LogP contribution in [-0.4, -0.2) is 22.3 Å². The number of hydrogen-bond acceptors (Lipinski definition) is 3. The van der Waals surface area contributed by atoms with Crippen molar-refractivity contribution < 1.29 is 14.7 Å². The Morgan fingerprint density at radius 3 is 2.38 bits per heavy atom. The highest BCUT2D eigenvalue weighted by molar-refractivity contribution is 6.09. The molecule has 4 fully saturated rings. The smallest absolute Gasteiger partial charge is 0.149 e. The van der Waals surface area contributed by atoms with Crippen molar-refractivity contribution >= 4 is 11.6 Å². The molecule has 4 saturated carbocycles. The van der Waals surface area contributed by atoms with Gasteiger partial charge in [-0.2, -0.15) is 0 Å². The third kappa shape index (κ3) is 1.43. The van der Waals surface area contributed by atoms with Crippen LogP contribution in [-0.2, 0) is 9.59 Å². The zero-order chi connectivity index (χ0) is 15.0. The lowest BCUT2D eigenvalue weighted by molar-refractivity contribution is -0.211. The van der Waals surface area contributed by atoms with Gasteiger partial charge in [0.1, 0.15) is 11.6 Å². The number of benzene rings is 1. The van der Waals surface area contributed by atoms with Crippen molar-refractivity contribution in [3.63, 3.8) is 0 Å². The lowest BCUT2D eigenvalue weighted by Crippen LogP contribution is -2.71. The van der Waals surface area contributed by atoms with Crippen molar-refractivity contribution in [2.75, 3.05) is 0 Å². The molecule has 1 unspecified atom stereocenters. The summed E-state index contributed by atoms with van der Waals surface area (Å²) in [5, 5.41) is 11.1. The number of ketones is 2. The second-order valence-electron chi connectivity index (χ2n) is 7.49. The largest absolute Gasteiger partial charge is 0.389 e. The van der Waals surface area contributed by atoms with Crippen LogP contribution in [0.25, 0.3) is 0 Å². The quantitative estimate of drug-likeness (QED) is 0.805. The van der Waals surface area contributed by atoms with Crippen LogP contribution >= 0.6 is 0 Å². The SMILES string of the molecule is C[C@@]12C[C@H]3C(=O)[C@@H](C1)C(c1ccccc1)[C@H](C3=O)[C@]2(C)O. The monoisotopic (exact) mass is 284 g/mol. The van der Waals surface area contributed by atoms with Gasteiger partial charge < -0.3 is 5.11 Å². The van der Waals surface area contributed by atoms with E-state index in [-0.39, 0.29) is 28.8 Å². The maximum atomic E-state index is 12.7. The van der Waals surface area contributed by atoms with Gasteiger partial charge >= 0.3 is 0 Å². The van der Waals surface area contributed by atoms with E-state index in [0.717, 1.165) is 5.56 Å². The fraction of sp³-hybridized carbons (Fsp3) is 0.556. The molecule has 0 spiro atoms. The van der Waals surface area contributed by atoms with Crippen LogP contribution in [0.3, 0.4) is 0 Å². The first kappa shape index (κ1) is 13.2. The molecule has 0 heterocycles. The van der Waals surface area contributed by atoms with Gasteiger partial charge in [-0.15, -0.1) is 0 Å². The van der Waals surface area contributed by atoms with Crippen molar-refractivity contribution in [3.05, 3.63) is 35.9 Å². The van der Waals surface area contributed by atoms with Gasteiger partial charge in [0.25, 0.3) is 0 Å². The molecule has 0 aliphatic heterocycles. The summed E-state index contributed by atoms with van der Waals surface area (Å²) in [5.41, 5.74) is -0.338. The third-order valence-corrected chi connectivity index (χ3v) is 6.49. The predicted molar refractivity (Wildman–Crippen MR) is 77.6 cm³/mol. The highest BCUT2D eigenvalue weighted by Crippen LogP contribution is 2.65. The molecule has 5 rings (SSSR count). The molecule has 4 aliphatic rings. The van der Waals surface area contributed by atoms with E-state index in [1.807, 2.05) is 37.3 Å². The average molecular weight is 284 g/mol. The third-order valence-electron chi connectivity index (χ3n) is 6.49. The lowest BCUT2D eigenvalue weighted by Gasteiger charge is -2.64. The predicted octanol–water partition coefficient (Wildman–Crippen LogP) is 2.34. The van der Waals surface area contributed by atoms with Gasteiger partial charge in [-0.1, -0.05) is 37.3 Å².